The third-order valence-electron chi connectivity index (χ3n) is 1.41. The highest BCUT2D eigenvalue weighted by Crippen LogP contribution is 2.16. The van der Waals surface area contributed by atoms with E-state index in [0.717, 1.165) is 5.56 Å². The van der Waals surface area contributed by atoms with Crippen LogP contribution in [0.3, 0.4) is 0 Å². The summed E-state index contributed by atoms with van der Waals surface area (Å²) in [6, 6.07) is 5.39. The number of aromatic hydroxyl groups is 1. The lowest BCUT2D eigenvalue weighted by molar-refractivity contribution is 0.473. The fraction of sp³-hybridized carbons (Fsp3) is 0.200. The van der Waals surface area contributed by atoms with Crippen LogP contribution in [0.5, 0.6) is 5.75 Å². The van der Waals surface area contributed by atoms with E-state index in [-0.39, 0.29) is 5.75 Å². The highest BCUT2D eigenvalue weighted by atomic mass is 16.3. The second kappa shape index (κ2) is 3.12. The van der Waals surface area contributed by atoms with Crippen molar-refractivity contribution in [3.8, 4) is 17.6 Å². The van der Waals surface area contributed by atoms with Crippen molar-refractivity contribution in [1.82, 2.24) is 0 Å². The van der Waals surface area contributed by atoms with E-state index in [1.165, 1.54) is 0 Å². The van der Waals surface area contributed by atoms with E-state index in [1.807, 2.05) is 19.1 Å². The normalized spacial score (nSPS) is 8.55. The summed E-state index contributed by atoms with van der Waals surface area (Å²) in [7, 11) is 0. The average molecular weight is 146 g/mol. The monoisotopic (exact) mass is 146 g/mol. The molecule has 1 aromatic carbocycles. The van der Waals surface area contributed by atoms with Gasteiger partial charge < -0.3 is 5.11 Å². The predicted octanol–water partition coefficient (Wildman–Crippen LogP) is 2.07. The van der Waals surface area contributed by atoms with E-state index in [9.17, 15) is 5.11 Å². The minimum Gasteiger partial charge on any atom is -0.507 e. The van der Waals surface area contributed by atoms with Gasteiger partial charge in [-0.2, -0.15) is 0 Å². The molecular formula is C10H10O. The highest BCUT2D eigenvalue weighted by Gasteiger charge is 1.95. The molecular weight excluding hydrogens is 136 g/mol. The van der Waals surface area contributed by atoms with E-state index >= 15 is 0 Å². The van der Waals surface area contributed by atoms with Gasteiger partial charge in [-0.25, -0.2) is 0 Å². The van der Waals surface area contributed by atoms with Gasteiger partial charge in [0, 0.05) is 0 Å². The van der Waals surface area contributed by atoms with Crippen LogP contribution in [0.1, 0.15) is 18.1 Å². The number of phenolic OH excluding ortho intramolecular Hbond substituents is 1. The molecule has 56 valence electrons. The van der Waals surface area contributed by atoms with Gasteiger partial charge in [0.25, 0.3) is 0 Å². The Labute approximate surface area is 66.7 Å². The van der Waals surface area contributed by atoms with Crippen molar-refractivity contribution in [3.63, 3.8) is 0 Å². The fourth-order valence-corrected chi connectivity index (χ4v) is 0.885. The molecule has 0 atom stereocenters. The molecule has 0 aliphatic rings. The second-order valence-electron chi connectivity index (χ2n) is 2.40. The molecule has 0 heterocycles. The molecule has 0 aromatic heterocycles. The zero-order chi connectivity index (χ0) is 8.27. The Kier molecular flexibility index (Phi) is 2.18. The molecule has 11 heavy (non-hydrogen) atoms. The number of hydrogen-bond donors (Lipinski definition) is 1. The molecule has 1 rings (SSSR count). The molecule has 0 radical (unpaired) electrons. The van der Waals surface area contributed by atoms with Gasteiger partial charge >= 0.3 is 0 Å². The first-order valence-electron chi connectivity index (χ1n) is 3.46. The van der Waals surface area contributed by atoms with Crippen LogP contribution in [-0.2, 0) is 0 Å². The van der Waals surface area contributed by atoms with Crippen molar-refractivity contribution in [3.05, 3.63) is 29.3 Å². The van der Waals surface area contributed by atoms with Crippen LogP contribution in [0.25, 0.3) is 0 Å². The number of rotatable bonds is 0. The standard InChI is InChI=1S/C10H10O/c1-3-4-9-7-8(2)5-6-10(9)11/h5-7,11H,1-2H3. The lowest BCUT2D eigenvalue weighted by Crippen LogP contribution is -1.78. The van der Waals surface area contributed by atoms with E-state index < -0.39 is 0 Å². The van der Waals surface area contributed by atoms with Gasteiger partial charge in [0.15, 0.2) is 0 Å². The average Bonchev–Trinajstić information content (AvgIpc) is 1.98. The SMILES string of the molecule is CC#Cc1cc(C)ccc1O. The molecule has 0 saturated heterocycles. The van der Waals surface area contributed by atoms with Gasteiger partial charge in [0.2, 0.25) is 0 Å². The van der Waals surface area contributed by atoms with Crippen molar-refractivity contribution in [2.45, 2.75) is 13.8 Å². The molecule has 0 saturated carbocycles. The molecule has 1 heteroatoms. The first-order chi connectivity index (χ1) is 5.24. The minimum absolute atomic E-state index is 0.255. The van der Waals surface area contributed by atoms with Gasteiger partial charge in [-0.15, -0.1) is 5.92 Å². The maximum absolute atomic E-state index is 9.26. The van der Waals surface area contributed by atoms with Crippen molar-refractivity contribution >= 4 is 0 Å². The summed E-state index contributed by atoms with van der Waals surface area (Å²) >= 11 is 0. The van der Waals surface area contributed by atoms with Gasteiger partial charge in [-0.05, 0) is 31.5 Å². The fourth-order valence-electron chi connectivity index (χ4n) is 0.885. The first-order valence-corrected chi connectivity index (χ1v) is 3.46. The van der Waals surface area contributed by atoms with Gasteiger partial charge in [0.1, 0.15) is 5.75 Å². The van der Waals surface area contributed by atoms with Gasteiger partial charge in [-0.3, -0.25) is 0 Å². The van der Waals surface area contributed by atoms with Gasteiger partial charge in [-0.1, -0.05) is 12.0 Å². The van der Waals surface area contributed by atoms with E-state index in [0.29, 0.717) is 5.56 Å². The highest BCUT2D eigenvalue weighted by molar-refractivity contribution is 5.46. The smallest absolute Gasteiger partial charge is 0.131 e. The Hall–Kier alpha value is -1.42. The Bertz CT molecular complexity index is 315. The van der Waals surface area contributed by atoms with Crippen molar-refractivity contribution in [1.29, 1.82) is 0 Å². The second-order valence-corrected chi connectivity index (χ2v) is 2.40. The summed E-state index contributed by atoms with van der Waals surface area (Å²) in [6.07, 6.45) is 0. The van der Waals surface area contributed by atoms with Crippen molar-refractivity contribution < 1.29 is 5.11 Å². The van der Waals surface area contributed by atoms with Crippen LogP contribution >= 0.6 is 0 Å². The zero-order valence-corrected chi connectivity index (χ0v) is 6.68. The summed E-state index contributed by atoms with van der Waals surface area (Å²) in [5.74, 6) is 5.81. The Morgan fingerprint density at radius 3 is 2.73 bits per heavy atom. The molecule has 0 spiro atoms. The van der Waals surface area contributed by atoms with E-state index in [1.54, 1.807) is 13.0 Å². The predicted molar refractivity (Wildman–Crippen MR) is 45.4 cm³/mol. The van der Waals surface area contributed by atoms with Gasteiger partial charge in [0.05, 0.1) is 5.56 Å². The zero-order valence-electron chi connectivity index (χ0n) is 6.68. The topological polar surface area (TPSA) is 20.2 Å². The summed E-state index contributed by atoms with van der Waals surface area (Å²) in [6.45, 7) is 3.72. The third kappa shape index (κ3) is 1.75. The molecule has 0 unspecified atom stereocenters. The Morgan fingerprint density at radius 2 is 2.09 bits per heavy atom. The van der Waals surface area contributed by atoms with Crippen LogP contribution in [0.15, 0.2) is 18.2 Å². The number of benzene rings is 1. The van der Waals surface area contributed by atoms with E-state index in [4.69, 9.17) is 0 Å². The quantitative estimate of drug-likeness (QED) is 0.555. The summed E-state index contributed by atoms with van der Waals surface area (Å²) in [5, 5.41) is 9.26. The Balaban J connectivity index is 3.19. The van der Waals surface area contributed by atoms with Crippen LogP contribution in [-0.4, -0.2) is 5.11 Å². The summed E-state index contributed by atoms with van der Waals surface area (Å²) < 4.78 is 0. The van der Waals surface area contributed by atoms with Crippen LogP contribution in [0.4, 0.5) is 0 Å². The maximum atomic E-state index is 9.26. The molecule has 0 bridgehead atoms. The van der Waals surface area contributed by atoms with Crippen molar-refractivity contribution in [2.24, 2.45) is 0 Å². The Morgan fingerprint density at radius 1 is 1.36 bits per heavy atom. The molecule has 0 fully saturated rings. The number of hydrogen-bond acceptors (Lipinski definition) is 1. The summed E-state index contributed by atoms with van der Waals surface area (Å²) in [4.78, 5) is 0. The number of phenols is 1. The number of aryl methyl sites for hydroxylation is 1. The van der Waals surface area contributed by atoms with Crippen molar-refractivity contribution in [2.75, 3.05) is 0 Å². The van der Waals surface area contributed by atoms with Crippen LogP contribution in [0, 0.1) is 18.8 Å². The largest absolute Gasteiger partial charge is 0.507 e. The molecule has 0 aliphatic heterocycles. The molecule has 1 nitrogen and oxygen atoms in total. The molecule has 0 aliphatic carbocycles. The molecule has 0 amide bonds. The molecule has 1 N–H and O–H groups in total. The lowest BCUT2D eigenvalue weighted by Gasteiger charge is -1.96. The third-order valence-corrected chi connectivity index (χ3v) is 1.41. The lowest BCUT2D eigenvalue weighted by atomic mass is 10.1. The maximum Gasteiger partial charge on any atom is 0.131 e. The van der Waals surface area contributed by atoms with Crippen LogP contribution < -0.4 is 0 Å². The molecule has 1 aromatic rings. The first kappa shape index (κ1) is 7.68. The minimum atomic E-state index is 0.255. The van der Waals surface area contributed by atoms with Crippen LogP contribution in [0.2, 0.25) is 0 Å². The summed E-state index contributed by atoms with van der Waals surface area (Å²) in [5.41, 5.74) is 1.81. The van der Waals surface area contributed by atoms with E-state index in [2.05, 4.69) is 11.8 Å².